The summed E-state index contributed by atoms with van der Waals surface area (Å²) in [7, 11) is 1.63. The van der Waals surface area contributed by atoms with Gasteiger partial charge in [-0.3, -0.25) is 14.4 Å². The van der Waals surface area contributed by atoms with Gasteiger partial charge in [-0.2, -0.15) is 0 Å². The minimum absolute atomic E-state index is 0.0317. The van der Waals surface area contributed by atoms with Crippen LogP contribution in [0.2, 0.25) is 5.02 Å². The summed E-state index contributed by atoms with van der Waals surface area (Å²) >= 11 is 6.01. The molecule has 0 bridgehead atoms. The predicted octanol–water partition coefficient (Wildman–Crippen LogP) is 4.44. The van der Waals surface area contributed by atoms with Crippen molar-refractivity contribution in [1.82, 2.24) is 16.0 Å². The Morgan fingerprint density at radius 3 is 2.06 bits per heavy atom. The molecular weight excluding hydrogens is 659 g/mol. The quantitative estimate of drug-likeness (QED) is 0.207. The van der Waals surface area contributed by atoms with Crippen LogP contribution in [0.1, 0.15) is 35.1 Å². The summed E-state index contributed by atoms with van der Waals surface area (Å²) in [6.45, 7) is 6.25. The van der Waals surface area contributed by atoms with E-state index in [1.165, 1.54) is 6.07 Å². The first-order valence-corrected chi connectivity index (χ1v) is 17.2. The van der Waals surface area contributed by atoms with Crippen LogP contribution < -0.4 is 36.6 Å². The average molecular weight is 699 g/mol. The number of anilines is 3. The van der Waals surface area contributed by atoms with Gasteiger partial charge in [-0.25, -0.2) is 4.39 Å². The lowest BCUT2D eigenvalue weighted by Gasteiger charge is -2.32. The second-order valence-corrected chi connectivity index (χ2v) is 13.9. The van der Waals surface area contributed by atoms with Crippen molar-refractivity contribution in [1.29, 1.82) is 0 Å². The highest BCUT2D eigenvalue weighted by molar-refractivity contribution is 6.31. The number of piperidine rings is 1. The fourth-order valence-corrected chi connectivity index (χ4v) is 7.97. The van der Waals surface area contributed by atoms with E-state index >= 15 is 0 Å². The van der Waals surface area contributed by atoms with Crippen LogP contribution in [-0.2, 0) is 30.6 Å². The summed E-state index contributed by atoms with van der Waals surface area (Å²) < 4.78 is 19.0. The van der Waals surface area contributed by atoms with E-state index in [9.17, 15) is 18.8 Å². The molecule has 3 aromatic rings. The maximum absolute atomic E-state index is 13.8. The zero-order valence-corrected chi connectivity index (χ0v) is 28.7. The van der Waals surface area contributed by atoms with Crippen molar-refractivity contribution in [3.05, 3.63) is 106 Å². The van der Waals surface area contributed by atoms with Crippen molar-refractivity contribution >= 4 is 46.4 Å². The first-order chi connectivity index (χ1) is 24.1. The van der Waals surface area contributed by atoms with Crippen molar-refractivity contribution < 1.29 is 23.5 Å². The lowest BCUT2D eigenvalue weighted by molar-refractivity contribution is -0.121. The fraction of sp³-hybridized carbons (Fsp3) is 0.342. The summed E-state index contributed by atoms with van der Waals surface area (Å²) in [6, 6.07) is 14.6. The van der Waals surface area contributed by atoms with Crippen molar-refractivity contribution in [2.75, 3.05) is 62.3 Å². The number of ether oxygens (including phenoxy) is 1. The van der Waals surface area contributed by atoms with Crippen LogP contribution >= 0.6 is 11.6 Å². The summed E-state index contributed by atoms with van der Waals surface area (Å²) in [5.74, 6) is 0.407. The maximum atomic E-state index is 13.8. The molecule has 50 heavy (non-hydrogen) atoms. The SMILES string of the molecule is COc1ccc2c(c1)[C@]1(C=CCNC1)C(=O)N2.Cc1cc(F)c2c(c1)[C@]1(C=CCNC1)C(=O)N2.O=C1Nc2ccc(Cl)cc2[C@]12CCCNC2. The first-order valence-electron chi connectivity index (χ1n) is 16.8. The van der Waals surface area contributed by atoms with Gasteiger partial charge in [0.1, 0.15) is 22.4 Å². The van der Waals surface area contributed by atoms with Gasteiger partial charge in [0, 0.05) is 49.1 Å². The molecule has 0 aromatic heterocycles. The Balaban J connectivity index is 0.000000118. The number of rotatable bonds is 1. The normalized spacial score (nSPS) is 26.6. The Kier molecular flexibility index (Phi) is 9.02. The van der Waals surface area contributed by atoms with Gasteiger partial charge >= 0.3 is 0 Å². The minimum Gasteiger partial charge on any atom is -0.497 e. The van der Waals surface area contributed by atoms with E-state index in [0.29, 0.717) is 30.3 Å². The van der Waals surface area contributed by atoms with Crippen molar-refractivity contribution in [2.45, 2.75) is 36.0 Å². The summed E-state index contributed by atoms with van der Waals surface area (Å²) in [5, 5.41) is 18.9. The van der Waals surface area contributed by atoms with Crippen molar-refractivity contribution in [2.24, 2.45) is 0 Å². The van der Waals surface area contributed by atoms with E-state index < -0.39 is 16.2 Å². The number of hydrogen-bond acceptors (Lipinski definition) is 7. The molecule has 1 saturated heterocycles. The molecule has 3 spiro atoms. The molecule has 260 valence electrons. The molecule has 9 rings (SSSR count). The van der Waals surface area contributed by atoms with E-state index in [4.69, 9.17) is 16.3 Å². The van der Waals surface area contributed by atoms with Gasteiger partial charge in [0.15, 0.2) is 0 Å². The molecule has 3 atom stereocenters. The van der Waals surface area contributed by atoms with E-state index in [-0.39, 0.29) is 23.5 Å². The number of methoxy groups -OCH3 is 1. The molecule has 10 nitrogen and oxygen atoms in total. The number of benzene rings is 3. The van der Waals surface area contributed by atoms with Crippen molar-refractivity contribution in [3.63, 3.8) is 0 Å². The molecular formula is C38H40ClFN6O4. The Morgan fingerprint density at radius 2 is 1.40 bits per heavy atom. The van der Waals surface area contributed by atoms with Crippen LogP contribution in [0, 0.1) is 12.7 Å². The molecule has 12 heteroatoms. The topological polar surface area (TPSA) is 133 Å². The highest BCUT2D eigenvalue weighted by atomic mass is 35.5. The summed E-state index contributed by atoms with van der Waals surface area (Å²) in [5.41, 5.74) is 4.04. The maximum Gasteiger partial charge on any atom is 0.240 e. The zero-order chi connectivity index (χ0) is 35.1. The molecule has 6 aliphatic rings. The Bertz CT molecular complexity index is 1940. The molecule has 1 fully saturated rings. The Labute approximate surface area is 295 Å². The Morgan fingerprint density at radius 1 is 0.740 bits per heavy atom. The monoisotopic (exact) mass is 698 g/mol. The molecule has 0 unspecified atom stereocenters. The highest BCUT2D eigenvalue weighted by Crippen LogP contribution is 2.44. The second-order valence-electron chi connectivity index (χ2n) is 13.5. The molecule has 0 saturated carbocycles. The van der Waals surface area contributed by atoms with E-state index in [2.05, 4.69) is 31.9 Å². The van der Waals surface area contributed by atoms with E-state index in [1.54, 1.807) is 7.11 Å². The number of hydrogen-bond donors (Lipinski definition) is 6. The lowest BCUT2D eigenvalue weighted by atomic mass is 9.76. The largest absolute Gasteiger partial charge is 0.497 e. The van der Waals surface area contributed by atoms with Gasteiger partial charge in [0.25, 0.3) is 0 Å². The van der Waals surface area contributed by atoms with E-state index in [0.717, 1.165) is 71.9 Å². The molecule has 6 N–H and O–H groups in total. The predicted molar refractivity (Wildman–Crippen MR) is 193 cm³/mol. The number of nitrogens with one attached hydrogen (secondary N) is 6. The number of halogens is 2. The molecule has 6 aliphatic heterocycles. The van der Waals surface area contributed by atoms with Gasteiger partial charge in [-0.1, -0.05) is 42.0 Å². The molecule has 0 aliphatic carbocycles. The van der Waals surface area contributed by atoms with Gasteiger partial charge in [-0.05, 0) is 91.0 Å². The van der Waals surface area contributed by atoms with Crippen LogP contribution in [0.3, 0.4) is 0 Å². The van der Waals surface area contributed by atoms with Gasteiger partial charge < -0.3 is 36.6 Å². The third-order valence-electron chi connectivity index (χ3n) is 10.4. The smallest absolute Gasteiger partial charge is 0.240 e. The van der Waals surface area contributed by atoms with Crippen LogP contribution in [0.5, 0.6) is 5.75 Å². The molecule has 6 heterocycles. The number of fused-ring (bicyclic) bond motifs is 6. The zero-order valence-electron chi connectivity index (χ0n) is 28.0. The second kappa shape index (κ2) is 13.3. The van der Waals surface area contributed by atoms with Gasteiger partial charge in [0.05, 0.1) is 18.2 Å². The van der Waals surface area contributed by atoms with Crippen LogP contribution in [0.4, 0.5) is 21.5 Å². The van der Waals surface area contributed by atoms with Crippen LogP contribution in [0.25, 0.3) is 0 Å². The standard InChI is InChI=1S/C13H13FN2O.C13H14N2O2.C12H13ClN2O/c1-8-5-9-11(10(14)6-8)16-12(17)13(9)3-2-4-15-7-13;1-17-9-3-4-11-10(7-9)13(12(16)15-11)5-2-6-14-8-13;13-8-2-3-10-9(6-8)12(11(16)15-10)4-1-5-14-7-12/h2-3,5-6,15H,4,7H2,1H3,(H,16,17);2-5,7,14H,6,8H2,1H3,(H,15,16);2-3,6,14H,1,4-5,7H2,(H,15,16)/t2*13-;12-/m111/s1. The number of amides is 3. The molecule has 0 radical (unpaired) electrons. The number of carbonyl (C=O) groups is 3. The highest BCUT2D eigenvalue weighted by Gasteiger charge is 2.48. The Hall–Kier alpha value is -4.55. The summed E-state index contributed by atoms with van der Waals surface area (Å²) in [4.78, 5) is 36.4. The van der Waals surface area contributed by atoms with Gasteiger partial charge in [0.2, 0.25) is 17.7 Å². The van der Waals surface area contributed by atoms with Gasteiger partial charge in [-0.15, -0.1) is 0 Å². The van der Waals surface area contributed by atoms with E-state index in [1.807, 2.05) is 73.7 Å². The third kappa shape index (κ3) is 5.68. The molecule has 3 amide bonds. The average Bonchev–Trinajstić information content (AvgIpc) is 3.66. The number of carbonyl (C=O) groups excluding carboxylic acids is 3. The third-order valence-corrected chi connectivity index (χ3v) is 10.7. The molecule has 3 aromatic carbocycles. The fourth-order valence-electron chi connectivity index (χ4n) is 7.79. The van der Waals surface area contributed by atoms with Crippen LogP contribution in [0.15, 0.2) is 72.8 Å². The van der Waals surface area contributed by atoms with Crippen molar-refractivity contribution in [3.8, 4) is 5.75 Å². The minimum atomic E-state index is -0.736. The first kappa shape index (κ1) is 33.9. The number of aryl methyl sites for hydroxylation is 1. The lowest BCUT2D eigenvalue weighted by Crippen LogP contribution is -2.47. The summed E-state index contributed by atoms with van der Waals surface area (Å²) in [6.07, 6.45) is 9.71. The van der Waals surface area contributed by atoms with Crippen LogP contribution in [-0.4, -0.2) is 64.1 Å².